The van der Waals surface area contributed by atoms with Crippen molar-refractivity contribution in [2.24, 2.45) is 9.98 Å². The molecular formula is C7H6F6N4O. The number of amides is 2. The SMILES string of the molecule is CN1C(=O)N(C)C(=NC(F)(F)F)C1=NC(F)(F)F. The lowest BCUT2D eigenvalue weighted by atomic mass is 10.5. The van der Waals surface area contributed by atoms with E-state index in [0.29, 0.717) is 9.80 Å². The van der Waals surface area contributed by atoms with E-state index in [1.807, 2.05) is 0 Å². The lowest BCUT2D eigenvalue weighted by molar-refractivity contribution is -0.122. The third-order valence-electron chi connectivity index (χ3n) is 1.87. The van der Waals surface area contributed by atoms with E-state index in [9.17, 15) is 31.1 Å². The largest absolute Gasteiger partial charge is 0.505 e. The average molecular weight is 276 g/mol. The van der Waals surface area contributed by atoms with Crippen LogP contribution < -0.4 is 0 Å². The minimum atomic E-state index is -5.11. The quantitative estimate of drug-likeness (QED) is 0.491. The summed E-state index contributed by atoms with van der Waals surface area (Å²) in [5, 5.41) is 0. The molecule has 1 aliphatic heterocycles. The molecule has 0 aromatic heterocycles. The molecule has 0 aromatic rings. The number of nitrogens with zero attached hydrogens (tertiary/aromatic N) is 4. The molecule has 0 aliphatic carbocycles. The molecule has 0 bridgehead atoms. The van der Waals surface area contributed by atoms with Crippen molar-refractivity contribution in [1.82, 2.24) is 9.80 Å². The molecule has 1 aliphatic rings. The van der Waals surface area contributed by atoms with Crippen molar-refractivity contribution in [3.05, 3.63) is 0 Å². The van der Waals surface area contributed by atoms with E-state index in [1.54, 1.807) is 0 Å². The van der Waals surface area contributed by atoms with E-state index in [0.717, 1.165) is 14.1 Å². The Kier molecular flexibility index (Phi) is 3.28. The highest BCUT2D eigenvalue weighted by Gasteiger charge is 2.42. The van der Waals surface area contributed by atoms with Gasteiger partial charge in [-0.25, -0.2) is 4.79 Å². The van der Waals surface area contributed by atoms with Crippen LogP contribution in [0.2, 0.25) is 0 Å². The number of hydrogen-bond acceptors (Lipinski definition) is 3. The molecule has 5 nitrogen and oxygen atoms in total. The molecule has 1 fully saturated rings. The maximum atomic E-state index is 12.1. The molecule has 1 saturated heterocycles. The van der Waals surface area contributed by atoms with Crippen LogP contribution in [0, 0.1) is 0 Å². The predicted molar refractivity (Wildman–Crippen MR) is 47.9 cm³/mol. The summed E-state index contributed by atoms with van der Waals surface area (Å²) in [6.07, 6.45) is -10.2. The fourth-order valence-corrected chi connectivity index (χ4v) is 1.20. The van der Waals surface area contributed by atoms with Gasteiger partial charge in [0, 0.05) is 14.1 Å². The molecule has 0 N–H and O–H groups in total. The Morgan fingerprint density at radius 2 is 1.11 bits per heavy atom. The number of halogens is 6. The van der Waals surface area contributed by atoms with Gasteiger partial charge in [0.2, 0.25) is 0 Å². The van der Waals surface area contributed by atoms with Gasteiger partial charge in [-0.2, -0.15) is 9.98 Å². The van der Waals surface area contributed by atoms with Crippen LogP contribution in [-0.2, 0) is 0 Å². The van der Waals surface area contributed by atoms with Gasteiger partial charge in [0.25, 0.3) is 0 Å². The fourth-order valence-electron chi connectivity index (χ4n) is 1.20. The maximum Gasteiger partial charge on any atom is 0.505 e. The minimum Gasteiger partial charge on any atom is -0.278 e. The van der Waals surface area contributed by atoms with Crippen LogP contribution >= 0.6 is 0 Å². The summed E-state index contributed by atoms with van der Waals surface area (Å²) in [5.41, 5.74) is 0. The molecule has 0 aromatic carbocycles. The second kappa shape index (κ2) is 4.14. The summed E-state index contributed by atoms with van der Waals surface area (Å²) in [7, 11) is 1.73. The van der Waals surface area contributed by atoms with Gasteiger partial charge in [0.05, 0.1) is 0 Å². The topological polar surface area (TPSA) is 48.3 Å². The molecule has 0 radical (unpaired) electrons. The average Bonchev–Trinajstić information content (AvgIpc) is 2.31. The summed E-state index contributed by atoms with van der Waals surface area (Å²) in [4.78, 5) is 16.1. The first-order chi connectivity index (χ1) is 7.92. The molecule has 11 heteroatoms. The highest BCUT2D eigenvalue weighted by atomic mass is 19.4. The molecule has 0 atom stereocenters. The summed E-state index contributed by atoms with van der Waals surface area (Å²) in [6, 6.07) is -1.10. The van der Waals surface area contributed by atoms with Gasteiger partial charge in [0.1, 0.15) is 0 Å². The van der Waals surface area contributed by atoms with Gasteiger partial charge >= 0.3 is 18.6 Å². The Labute approximate surface area is 96.4 Å². The third kappa shape index (κ3) is 3.11. The molecule has 0 saturated carbocycles. The van der Waals surface area contributed by atoms with Gasteiger partial charge in [0.15, 0.2) is 11.7 Å². The van der Waals surface area contributed by atoms with Gasteiger partial charge < -0.3 is 0 Å². The zero-order valence-corrected chi connectivity index (χ0v) is 8.96. The first-order valence-electron chi connectivity index (χ1n) is 4.27. The number of hydrogen-bond donors (Lipinski definition) is 0. The van der Waals surface area contributed by atoms with E-state index < -0.39 is 30.3 Å². The first kappa shape index (κ1) is 14.3. The van der Waals surface area contributed by atoms with Crippen LogP contribution in [0.1, 0.15) is 0 Å². The zero-order chi connectivity index (χ0) is 14.3. The van der Waals surface area contributed by atoms with Gasteiger partial charge in [-0.15, -0.1) is 26.3 Å². The van der Waals surface area contributed by atoms with E-state index in [-0.39, 0.29) is 0 Å². The molecule has 18 heavy (non-hydrogen) atoms. The lowest BCUT2D eigenvalue weighted by Gasteiger charge is -2.08. The van der Waals surface area contributed by atoms with Crippen molar-refractivity contribution in [3.63, 3.8) is 0 Å². The smallest absolute Gasteiger partial charge is 0.278 e. The Balaban J connectivity index is 3.33. The lowest BCUT2D eigenvalue weighted by Crippen LogP contribution is -2.29. The van der Waals surface area contributed by atoms with Crippen molar-refractivity contribution < 1.29 is 31.1 Å². The number of aliphatic imine (C=N–C) groups is 2. The van der Waals surface area contributed by atoms with Crippen molar-refractivity contribution >= 4 is 17.7 Å². The van der Waals surface area contributed by atoms with Crippen LogP contribution in [0.5, 0.6) is 0 Å². The molecule has 0 spiro atoms. The van der Waals surface area contributed by atoms with Crippen LogP contribution in [0.25, 0.3) is 0 Å². The second-order valence-corrected chi connectivity index (χ2v) is 3.21. The van der Waals surface area contributed by atoms with E-state index in [1.165, 1.54) is 0 Å². The Bertz CT molecular complexity index is 385. The van der Waals surface area contributed by atoms with Crippen LogP contribution in [0.15, 0.2) is 9.98 Å². The normalized spacial score (nSPS) is 22.6. The number of alkyl halides is 6. The highest BCUT2D eigenvalue weighted by Crippen LogP contribution is 2.24. The molecule has 2 amide bonds. The highest BCUT2D eigenvalue weighted by molar-refractivity contribution is 6.48. The monoisotopic (exact) mass is 276 g/mol. The van der Waals surface area contributed by atoms with Crippen molar-refractivity contribution in [1.29, 1.82) is 0 Å². The number of carbonyl (C=O) groups excluding carboxylic acids is 1. The Morgan fingerprint density at radius 1 is 0.833 bits per heavy atom. The first-order valence-corrected chi connectivity index (χ1v) is 4.27. The van der Waals surface area contributed by atoms with Crippen molar-refractivity contribution in [2.45, 2.75) is 12.6 Å². The molecule has 1 heterocycles. The number of carbonyl (C=O) groups is 1. The minimum absolute atomic E-state index is 0.331. The summed E-state index contributed by atoms with van der Waals surface area (Å²) in [5.74, 6) is -2.40. The van der Waals surface area contributed by atoms with E-state index in [2.05, 4.69) is 9.98 Å². The van der Waals surface area contributed by atoms with Gasteiger partial charge in [-0.3, -0.25) is 9.80 Å². The molecular weight excluding hydrogens is 270 g/mol. The number of likely N-dealkylation sites (N-methyl/N-ethyl adjacent to an activating group) is 2. The summed E-state index contributed by atoms with van der Waals surface area (Å²) >= 11 is 0. The summed E-state index contributed by atoms with van der Waals surface area (Å²) < 4.78 is 72.4. The Hall–Kier alpha value is -1.81. The molecule has 0 unspecified atom stereocenters. The third-order valence-corrected chi connectivity index (χ3v) is 1.87. The molecule has 102 valence electrons. The van der Waals surface area contributed by atoms with Crippen molar-refractivity contribution in [2.75, 3.05) is 14.1 Å². The van der Waals surface area contributed by atoms with Crippen LogP contribution in [-0.4, -0.2) is 54.2 Å². The second-order valence-electron chi connectivity index (χ2n) is 3.21. The van der Waals surface area contributed by atoms with Crippen LogP contribution in [0.4, 0.5) is 31.1 Å². The standard InChI is InChI=1S/C7H6F6N4O/c1-16-3(14-6(8,9)10)4(15-7(11,12)13)17(2)5(16)18/h1-2H3. The number of amidine groups is 2. The zero-order valence-electron chi connectivity index (χ0n) is 8.96. The van der Waals surface area contributed by atoms with Crippen LogP contribution in [0.3, 0.4) is 0 Å². The number of urea groups is 1. The number of rotatable bonds is 0. The fraction of sp³-hybridized carbons (Fsp3) is 0.571. The van der Waals surface area contributed by atoms with Gasteiger partial charge in [-0.05, 0) is 0 Å². The van der Waals surface area contributed by atoms with E-state index in [4.69, 9.17) is 0 Å². The van der Waals surface area contributed by atoms with Crippen molar-refractivity contribution in [3.8, 4) is 0 Å². The Morgan fingerprint density at radius 3 is 1.33 bits per heavy atom. The summed E-state index contributed by atoms with van der Waals surface area (Å²) in [6.45, 7) is 0. The van der Waals surface area contributed by atoms with Gasteiger partial charge in [-0.1, -0.05) is 0 Å². The maximum absolute atomic E-state index is 12.1. The van der Waals surface area contributed by atoms with E-state index >= 15 is 0 Å². The predicted octanol–water partition coefficient (Wildman–Crippen LogP) is 1.82. The molecule has 1 rings (SSSR count).